The van der Waals surface area contributed by atoms with E-state index in [1.807, 2.05) is 24.3 Å². The lowest BCUT2D eigenvalue weighted by molar-refractivity contribution is -0.121. The minimum atomic E-state index is -0.386. The molecule has 0 saturated heterocycles. The van der Waals surface area contributed by atoms with Crippen LogP contribution in [0.1, 0.15) is 26.3 Å². The summed E-state index contributed by atoms with van der Waals surface area (Å²) < 4.78 is 16.9. The van der Waals surface area contributed by atoms with Gasteiger partial charge in [-0.3, -0.25) is 9.59 Å². The molecule has 0 spiro atoms. The van der Waals surface area contributed by atoms with Gasteiger partial charge in [0.05, 0.1) is 17.3 Å². The van der Waals surface area contributed by atoms with Crippen molar-refractivity contribution in [2.75, 3.05) is 36.6 Å². The van der Waals surface area contributed by atoms with Crippen molar-refractivity contribution in [1.29, 1.82) is 0 Å². The van der Waals surface area contributed by atoms with Gasteiger partial charge in [0.25, 0.3) is 11.8 Å². The van der Waals surface area contributed by atoms with Crippen LogP contribution in [0.25, 0.3) is 0 Å². The number of carbonyl (C=O) groups is 2. The van der Waals surface area contributed by atoms with E-state index in [4.69, 9.17) is 37.4 Å². The van der Waals surface area contributed by atoms with Gasteiger partial charge in [-0.05, 0) is 59.5 Å². The van der Waals surface area contributed by atoms with Gasteiger partial charge in [-0.2, -0.15) is 0 Å². The molecule has 3 aromatic carbocycles. The van der Waals surface area contributed by atoms with Crippen LogP contribution in [-0.2, 0) is 15.0 Å². The van der Waals surface area contributed by atoms with Crippen molar-refractivity contribution in [3.8, 4) is 17.2 Å². The van der Waals surface area contributed by atoms with Crippen molar-refractivity contribution >= 4 is 46.4 Å². The highest BCUT2D eigenvalue weighted by molar-refractivity contribution is 6.35. The number of fused-ring (bicyclic) bond motifs is 1. The molecule has 0 aromatic heterocycles. The van der Waals surface area contributed by atoms with Crippen molar-refractivity contribution < 1.29 is 23.8 Å². The first kappa shape index (κ1) is 26.6. The molecule has 9 heteroatoms. The third-order valence-electron chi connectivity index (χ3n) is 5.74. The fourth-order valence-electron chi connectivity index (χ4n) is 3.76. The Morgan fingerprint density at radius 2 is 1.78 bits per heavy atom. The highest BCUT2D eigenvalue weighted by Gasteiger charge is 2.26. The van der Waals surface area contributed by atoms with E-state index >= 15 is 0 Å². The van der Waals surface area contributed by atoms with Crippen LogP contribution in [-0.4, -0.2) is 38.2 Å². The molecule has 1 aliphatic rings. The first-order chi connectivity index (χ1) is 17.6. The molecule has 194 valence electrons. The van der Waals surface area contributed by atoms with Crippen LogP contribution in [0.2, 0.25) is 10.0 Å². The second kappa shape index (κ2) is 11.3. The second-order valence-electron chi connectivity index (χ2n) is 9.55. The monoisotopic (exact) mass is 542 g/mol. The Bertz CT molecular complexity index is 1290. The number of amides is 2. The molecular formula is C28H28Cl2N2O5. The normalized spacial score (nSPS) is 13.0. The third-order valence-corrected chi connectivity index (χ3v) is 6.27. The van der Waals surface area contributed by atoms with E-state index in [0.29, 0.717) is 46.1 Å². The van der Waals surface area contributed by atoms with Gasteiger partial charge >= 0.3 is 0 Å². The SMILES string of the molecule is CC(C)(C)c1ccc(OCCN2C(=O)COc3ccc(NC(=O)COc4ccc(Cl)cc4Cl)cc32)cc1. The maximum atomic E-state index is 12.6. The van der Waals surface area contributed by atoms with Gasteiger partial charge in [-0.25, -0.2) is 0 Å². The summed E-state index contributed by atoms with van der Waals surface area (Å²) in [6.45, 7) is 6.78. The molecule has 3 aromatic rings. The number of halogens is 2. The number of carbonyl (C=O) groups excluding carboxylic acids is 2. The Kier molecular flexibility index (Phi) is 8.15. The van der Waals surface area contributed by atoms with Gasteiger partial charge in [0, 0.05) is 10.7 Å². The van der Waals surface area contributed by atoms with Crippen LogP contribution in [0, 0.1) is 0 Å². The minimum Gasteiger partial charge on any atom is -0.492 e. The number of anilines is 2. The van der Waals surface area contributed by atoms with Gasteiger partial charge in [-0.15, -0.1) is 0 Å². The molecule has 0 atom stereocenters. The van der Waals surface area contributed by atoms with Crippen LogP contribution in [0.4, 0.5) is 11.4 Å². The van der Waals surface area contributed by atoms with Crippen molar-refractivity contribution in [2.45, 2.75) is 26.2 Å². The molecule has 0 radical (unpaired) electrons. The fraction of sp³-hybridized carbons (Fsp3) is 0.286. The fourth-order valence-corrected chi connectivity index (χ4v) is 4.23. The van der Waals surface area contributed by atoms with Gasteiger partial charge in [0.1, 0.15) is 23.9 Å². The van der Waals surface area contributed by atoms with Crippen LogP contribution < -0.4 is 24.4 Å². The number of benzene rings is 3. The summed E-state index contributed by atoms with van der Waals surface area (Å²) in [5, 5.41) is 3.56. The highest BCUT2D eigenvalue weighted by atomic mass is 35.5. The molecular weight excluding hydrogens is 515 g/mol. The Morgan fingerprint density at radius 1 is 1.03 bits per heavy atom. The number of nitrogens with one attached hydrogen (secondary N) is 1. The molecule has 1 N–H and O–H groups in total. The van der Waals surface area contributed by atoms with Crippen LogP contribution in [0.15, 0.2) is 60.7 Å². The number of ether oxygens (including phenoxy) is 3. The van der Waals surface area contributed by atoms with E-state index in [1.54, 1.807) is 35.2 Å². The first-order valence-electron chi connectivity index (χ1n) is 11.8. The van der Waals surface area contributed by atoms with E-state index in [-0.39, 0.29) is 30.4 Å². The quantitative estimate of drug-likeness (QED) is 0.371. The summed E-state index contributed by atoms with van der Waals surface area (Å²) in [7, 11) is 0. The molecule has 1 heterocycles. The number of rotatable bonds is 8. The van der Waals surface area contributed by atoms with Crippen molar-refractivity contribution in [2.24, 2.45) is 0 Å². The van der Waals surface area contributed by atoms with E-state index in [0.717, 1.165) is 5.75 Å². The summed E-state index contributed by atoms with van der Waals surface area (Å²) in [4.78, 5) is 26.7. The number of hydrogen-bond acceptors (Lipinski definition) is 5. The molecule has 0 bridgehead atoms. The lowest BCUT2D eigenvalue weighted by Crippen LogP contribution is -2.41. The zero-order chi connectivity index (χ0) is 26.6. The Morgan fingerprint density at radius 3 is 2.49 bits per heavy atom. The highest BCUT2D eigenvalue weighted by Crippen LogP contribution is 2.35. The van der Waals surface area contributed by atoms with E-state index < -0.39 is 0 Å². The smallest absolute Gasteiger partial charge is 0.265 e. The summed E-state index contributed by atoms with van der Waals surface area (Å²) in [6.07, 6.45) is 0. The molecule has 0 fully saturated rings. The molecule has 37 heavy (non-hydrogen) atoms. The summed E-state index contributed by atoms with van der Waals surface area (Å²) in [5.41, 5.74) is 2.33. The van der Waals surface area contributed by atoms with E-state index in [9.17, 15) is 9.59 Å². The van der Waals surface area contributed by atoms with Gasteiger partial charge < -0.3 is 24.4 Å². The minimum absolute atomic E-state index is 0.0601. The molecule has 7 nitrogen and oxygen atoms in total. The van der Waals surface area contributed by atoms with Gasteiger partial charge in [0.15, 0.2) is 13.2 Å². The Hall–Kier alpha value is -3.42. The molecule has 0 aliphatic carbocycles. The van der Waals surface area contributed by atoms with Crippen molar-refractivity contribution in [1.82, 2.24) is 0 Å². The largest absolute Gasteiger partial charge is 0.492 e. The zero-order valence-corrected chi connectivity index (χ0v) is 22.4. The van der Waals surface area contributed by atoms with E-state index in [1.165, 1.54) is 11.6 Å². The zero-order valence-electron chi connectivity index (χ0n) is 20.8. The standard InChI is InChI=1S/C28H28Cl2N2O5/c1-28(2,3)18-4-8-21(9-5-18)35-13-12-32-23-15-20(7-11-25(23)37-17-27(32)34)31-26(33)16-36-24-10-6-19(29)14-22(24)30/h4-11,14-15H,12-13,16-17H2,1-3H3,(H,31,33). The topological polar surface area (TPSA) is 77.1 Å². The average molecular weight is 543 g/mol. The summed E-state index contributed by atoms with van der Waals surface area (Å²) in [5.74, 6) is 1.06. The molecule has 4 rings (SSSR count). The lowest BCUT2D eigenvalue weighted by Gasteiger charge is -2.29. The second-order valence-corrected chi connectivity index (χ2v) is 10.4. The number of nitrogens with zero attached hydrogens (tertiary/aromatic N) is 1. The maximum Gasteiger partial charge on any atom is 0.265 e. The Labute approximate surface area is 226 Å². The maximum absolute atomic E-state index is 12.6. The Balaban J connectivity index is 1.37. The van der Waals surface area contributed by atoms with Crippen LogP contribution in [0.5, 0.6) is 17.2 Å². The predicted octanol–water partition coefficient (Wildman–Crippen LogP) is 6.11. The first-order valence-corrected chi connectivity index (χ1v) is 12.5. The van der Waals surface area contributed by atoms with Crippen molar-refractivity contribution in [3.05, 3.63) is 76.3 Å². The molecule has 2 amide bonds. The summed E-state index contributed by atoms with van der Waals surface area (Å²) in [6, 6.07) is 17.8. The van der Waals surface area contributed by atoms with Crippen LogP contribution >= 0.6 is 23.2 Å². The molecule has 0 saturated carbocycles. The van der Waals surface area contributed by atoms with Gasteiger partial charge in [0.2, 0.25) is 0 Å². The third kappa shape index (κ3) is 6.87. The van der Waals surface area contributed by atoms with Crippen molar-refractivity contribution in [3.63, 3.8) is 0 Å². The molecule has 1 aliphatic heterocycles. The molecule has 0 unspecified atom stereocenters. The number of hydrogen-bond donors (Lipinski definition) is 1. The van der Waals surface area contributed by atoms with E-state index in [2.05, 4.69) is 26.1 Å². The predicted molar refractivity (Wildman–Crippen MR) is 146 cm³/mol. The van der Waals surface area contributed by atoms with Crippen LogP contribution in [0.3, 0.4) is 0 Å². The summed E-state index contributed by atoms with van der Waals surface area (Å²) >= 11 is 12.0. The average Bonchev–Trinajstić information content (AvgIpc) is 2.84. The lowest BCUT2D eigenvalue weighted by atomic mass is 9.87. The van der Waals surface area contributed by atoms with Gasteiger partial charge in [-0.1, -0.05) is 56.1 Å².